The summed E-state index contributed by atoms with van der Waals surface area (Å²) in [5, 5.41) is 26.7. The second-order valence-corrected chi connectivity index (χ2v) is 6.51. The molecular weight excluding hydrogens is 334 g/mol. The van der Waals surface area contributed by atoms with Crippen molar-refractivity contribution in [1.82, 2.24) is 19.7 Å². The Morgan fingerprint density at radius 2 is 1.77 bits per heavy atom. The van der Waals surface area contributed by atoms with E-state index in [0.29, 0.717) is 11.4 Å². The smallest absolute Gasteiger partial charge is 0.348 e. The molecular formula is C18H21N5O3. The molecule has 0 aliphatic heterocycles. The number of aromatic hydroxyl groups is 2. The summed E-state index contributed by atoms with van der Waals surface area (Å²) in [5.41, 5.74) is 1.67. The van der Waals surface area contributed by atoms with Crippen LogP contribution in [0.4, 0.5) is 5.69 Å². The minimum absolute atomic E-state index is 0.0622. The molecule has 0 saturated carbocycles. The van der Waals surface area contributed by atoms with Crippen LogP contribution >= 0.6 is 0 Å². The van der Waals surface area contributed by atoms with Crippen LogP contribution in [0.5, 0.6) is 11.5 Å². The van der Waals surface area contributed by atoms with Crippen molar-refractivity contribution >= 4 is 5.69 Å². The lowest BCUT2D eigenvalue weighted by Crippen LogP contribution is -2.16. The predicted octanol–water partition coefficient (Wildman–Crippen LogP) is 2.22. The third kappa shape index (κ3) is 3.01. The fourth-order valence-electron chi connectivity index (χ4n) is 2.69. The number of benzene rings is 1. The summed E-state index contributed by atoms with van der Waals surface area (Å²) >= 11 is 0. The number of rotatable bonds is 4. The predicted molar refractivity (Wildman–Crippen MR) is 99.2 cm³/mol. The van der Waals surface area contributed by atoms with Crippen LogP contribution < -0.4 is 10.6 Å². The van der Waals surface area contributed by atoms with Gasteiger partial charge in [0.2, 0.25) is 0 Å². The van der Waals surface area contributed by atoms with E-state index in [1.54, 1.807) is 12.1 Å². The maximum atomic E-state index is 12.3. The summed E-state index contributed by atoms with van der Waals surface area (Å²) in [6.45, 7) is 3.75. The lowest BCUT2D eigenvalue weighted by Gasteiger charge is -2.14. The molecule has 0 aliphatic rings. The first kappa shape index (κ1) is 17.5. The average molecular weight is 355 g/mol. The Morgan fingerprint density at radius 1 is 1.12 bits per heavy atom. The molecule has 0 atom stereocenters. The molecule has 8 nitrogen and oxygen atoms in total. The van der Waals surface area contributed by atoms with Gasteiger partial charge in [-0.25, -0.2) is 19.4 Å². The summed E-state index contributed by atoms with van der Waals surface area (Å²) in [6, 6.07) is 8.55. The van der Waals surface area contributed by atoms with Crippen molar-refractivity contribution in [3.05, 3.63) is 46.5 Å². The molecule has 0 radical (unpaired) electrons. The molecule has 1 aromatic carbocycles. The summed E-state index contributed by atoms with van der Waals surface area (Å²) in [6.07, 6.45) is 0. The maximum absolute atomic E-state index is 12.3. The van der Waals surface area contributed by atoms with E-state index >= 15 is 0 Å². The molecule has 3 N–H and O–H groups in total. The molecule has 0 fully saturated rings. The highest BCUT2D eigenvalue weighted by Gasteiger charge is 2.21. The first-order valence-electron chi connectivity index (χ1n) is 8.18. The number of aromatic nitrogens is 4. The zero-order valence-corrected chi connectivity index (χ0v) is 15.1. The Labute approximate surface area is 150 Å². The van der Waals surface area contributed by atoms with Gasteiger partial charge >= 0.3 is 5.69 Å². The van der Waals surface area contributed by atoms with Gasteiger partial charge in [0, 0.05) is 25.8 Å². The van der Waals surface area contributed by atoms with Gasteiger partial charge in [-0.3, -0.25) is 0 Å². The van der Waals surface area contributed by atoms with Crippen molar-refractivity contribution in [2.75, 3.05) is 19.0 Å². The molecule has 3 aromatic rings. The second-order valence-electron chi connectivity index (χ2n) is 6.51. The number of nitrogens with zero attached hydrogens (tertiary/aromatic N) is 4. The van der Waals surface area contributed by atoms with E-state index in [1.165, 1.54) is 10.6 Å². The first-order valence-corrected chi connectivity index (χ1v) is 8.18. The van der Waals surface area contributed by atoms with E-state index in [4.69, 9.17) is 0 Å². The van der Waals surface area contributed by atoms with E-state index in [-0.39, 0.29) is 28.9 Å². The number of hydrogen-bond donors (Lipinski definition) is 3. The van der Waals surface area contributed by atoms with Crippen molar-refractivity contribution in [1.29, 1.82) is 0 Å². The number of anilines is 1. The molecule has 0 spiro atoms. The van der Waals surface area contributed by atoms with Crippen LogP contribution in [0.25, 0.3) is 17.2 Å². The third-order valence-corrected chi connectivity index (χ3v) is 4.07. The van der Waals surface area contributed by atoms with Crippen LogP contribution in [0, 0.1) is 0 Å². The Balaban J connectivity index is 2.17. The molecule has 0 bridgehead atoms. The lowest BCUT2D eigenvalue weighted by molar-refractivity contribution is 0.438. The first-order chi connectivity index (χ1) is 12.3. The Morgan fingerprint density at radius 3 is 2.35 bits per heavy atom. The quantitative estimate of drug-likeness (QED) is 0.662. The number of aromatic amines is 1. The minimum atomic E-state index is -0.446. The number of H-pyrrole nitrogens is 1. The highest BCUT2D eigenvalue weighted by Crippen LogP contribution is 2.34. The van der Waals surface area contributed by atoms with Crippen LogP contribution in [0.1, 0.15) is 25.5 Å². The molecule has 2 heterocycles. The van der Waals surface area contributed by atoms with E-state index in [1.807, 2.05) is 45.0 Å². The summed E-state index contributed by atoms with van der Waals surface area (Å²) < 4.78 is 1.34. The van der Waals surface area contributed by atoms with E-state index in [0.717, 1.165) is 5.69 Å². The van der Waals surface area contributed by atoms with Crippen molar-refractivity contribution < 1.29 is 10.2 Å². The number of hydrogen-bond acceptors (Lipinski definition) is 6. The van der Waals surface area contributed by atoms with Gasteiger partial charge < -0.3 is 15.1 Å². The fourth-order valence-corrected chi connectivity index (χ4v) is 2.69. The van der Waals surface area contributed by atoms with Crippen molar-refractivity contribution in [2.24, 2.45) is 0 Å². The molecule has 8 heteroatoms. The largest absolute Gasteiger partial charge is 0.506 e. The lowest BCUT2D eigenvalue weighted by atomic mass is 10.1. The topological polar surface area (TPSA) is 107 Å². The monoisotopic (exact) mass is 355 g/mol. The second kappa shape index (κ2) is 6.55. The van der Waals surface area contributed by atoms with E-state index in [9.17, 15) is 15.0 Å². The zero-order chi connectivity index (χ0) is 19.0. The molecule has 2 aromatic heterocycles. The summed E-state index contributed by atoms with van der Waals surface area (Å²) in [5.74, 6) is -0.238. The van der Waals surface area contributed by atoms with Gasteiger partial charge in [-0.1, -0.05) is 13.8 Å². The van der Waals surface area contributed by atoms with E-state index < -0.39 is 5.69 Å². The molecule has 136 valence electrons. The molecule has 26 heavy (non-hydrogen) atoms. The van der Waals surface area contributed by atoms with Crippen LogP contribution in [0.3, 0.4) is 0 Å². The Kier molecular flexibility index (Phi) is 4.41. The number of nitrogens with one attached hydrogen (secondary N) is 1. The molecule has 0 saturated heterocycles. The van der Waals surface area contributed by atoms with Gasteiger partial charge in [0.25, 0.3) is 0 Å². The van der Waals surface area contributed by atoms with Crippen molar-refractivity contribution in [3.8, 4) is 28.7 Å². The van der Waals surface area contributed by atoms with Crippen LogP contribution in [0.2, 0.25) is 0 Å². The fraction of sp³-hybridized carbons (Fsp3) is 0.278. The highest BCUT2D eigenvalue weighted by molar-refractivity contribution is 5.64. The SMILES string of the molecule is CC(C)c1nc(-c2n[nH]c(=O)n2-c2ccc(N(C)C)cc2)c(O)cc1O. The van der Waals surface area contributed by atoms with Crippen molar-refractivity contribution in [3.63, 3.8) is 0 Å². The molecule has 3 rings (SSSR count). The van der Waals surface area contributed by atoms with Gasteiger partial charge in [-0.15, -0.1) is 0 Å². The number of pyridine rings is 1. The van der Waals surface area contributed by atoms with E-state index in [2.05, 4.69) is 15.2 Å². The van der Waals surface area contributed by atoms with Gasteiger partial charge in [0.1, 0.15) is 11.5 Å². The molecule has 0 amide bonds. The minimum Gasteiger partial charge on any atom is -0.506 e. The van der Waals surface area contributed by atoms with Crippen LogP contribution in [-0.2, 0) is 0 Å². The third-order valence-electron chi connectivity index (χ3n) is 4.07. The van der Waals surface area contributed by atoms with Crippen LogP contribution in [-0.4, -0.2) is 44.1 Å². The Hall–Kier alpha value is -3.29. The van der Waals surface area contributed by atoms with Crippen molar-refractivity contribution in [2.45, 2.75) is 19.8 Å². The molecule has 0 unspecified atom stereocenters. The van der Waals surface area contributed by atoms with Gasteiger partial charge in [0.05, 0.1) is 11.4 Å². The Bertz CT molecular complexity index is 987. The highest BCUT2D eigenvalue weighted by atomic mass is 16.3. The van der Waals surface area contributed by atoms with Gasteiger partial charge in [-0.05, 0) is 30.2 Å². The normalized spacial score (nSPS) is 11.1. The average Bonchev–Trinajstić information content (AvgIpc) is 2.96. The summed E-state index contributed by atoms with van der Waals surface area (Å²) in [7, 11) is 3.85. The zero-order valence-electron chi connectivity index (χ0n) is 15.1. The van der Waals surface area contributed by atoms with Gasteiger partial charge in [0.15, 0.2) is 11.5 Å². The maximum Gasteiger partial charge on any atom is 0.348 e. The summed E-state index contributed by atoms with van der Waals surface area (Å²) in [4.78, 5) is 18.6. The molecule has 0 aliphatic carbocycles. The van der Waals surface area contributed by atoms with Crippen LogP contribution in [0.15, 0.2) is 35.1 Å². The van der Waals surface area contributed by atoms with Gasteiger partial charge in [-0.2, -0.15) is 5.10 Å². The standard InChI is InChI=1S/C18H21N5O3/c1-10(2)15-13(24)9-14(25)16(19-15)17-20-21-18(26)23(17)12-7-5-11(6-8-12)22(3)4/h5-10,24-25H,1-4H3,(H,21,26).